The van der Waals surface area contributed by atoms with Crippen LogP contribution in [0.25, 0.3) is 0 Å². The molecule has 0 radical (unpaired) electrons. The zero-order valence-electron chi connectivity index (χ0n) is 9.73. The van der Waals surface area contributed by atoms with E-state index in [0.29, 0.717) is 11.5 Å². The monoisotopic (exact) mass is 222 g/mol. The van der Waals surface area contributed by atoms with Crippen LogP contribution in [0.15, 0.2) is 18.2 Å². The fourth-order valence-corrected chi connectivity index (χ4v) is 1.95. The topological polar surface area (TPSA) is 57.5 Å². The third-order valence-corrected chi connectivity index (χ3v) is 2.88. The first kappa shape index (κ1) is 12.6. The summed E-state index contributed by atoms with van der Waals surface area (Å²) in [6, 6.07) is 5.18. The number of phenols is 1. The van der Waals surface area contributed by atoms with Gasteiger partial charge in [-0.05, 0) is 36.0 Å². The number of aromatic hydroxyl groups is 1. The minimum Gasteiger partial charge on any atom is -0.508 e. The average Bonchev–Trinajstić information content (AvgIpc) is 2.21. The molecule has 3 heteroatoms. The third-order valence-electron chi connectivity index (χ3n) is 2.88. The fourth-order valence-electron chi connectivity index (χ4n) is 1.95. The van der Waals surface area contributed by atoms with Gasteiger partial charge in [0.25, 0.3) is 0 Å². The summed E-state index contributed by atoms with van der Waals surface area (Å²) in [5.41, 5.74) is 1.55. The maximum Gasteiger partial charge on any atom is 0.307 e. The van der Waals surface area contributed by atoms with Crippen LogP contribution in [0, 0.1) is 0 Å². The van der Waals surface area contributed by atoms with Crippen LogP contribution in [0.2, 0.25) is 0 Å². The molecule has 1 aromatic rings. The van der Waals surface area contributed by atoms with Gasteiger partial charge in [0, 0.05) is 0 Å². The minimum absolute atomic E-state index is 0.0449. The molecule has 0 heterocycles. The van der Waals surface area contributed by atoms with Crippen LogP contribution in [-0.4, -0.2) is 16.2 Å². The van der Waals surface area contributed by atoms with Gasteiger partial charge in [-0.1, -0.05) is 26.0 Å². The van der Waals surface area contributed by atoms with Crippen molar-refractivity contribution in [1.82, 2.24) is 0 Å². The molecule has 0 unspecified atom stereocenters. The lowest BCUT2D eigenvalue weighted by molar-refractivity contribution is -0.136. The Labute approximate surface area is 95.7 Å². The predicted molar refractivity (Wildman–Crippen MR) is 62.8 cm³/mol. The van der Waals surface area contributed by atoms with Crippen molar-refractivity contribution >= 4 is 5.97 Å². The van der Waals surface area contributed by atoms with E-state index in [0.717, 1.165) is 18.4 Å². The molecule has 16 heavy (non-hydrogen) atoms. The van der Waals surface area contributed by atoms with Crippen molar-refractivity contribution in [1.29, 1.82) is 0 Å². The van der Waals surface area contributed by atoms with E-state index >= 15 is 0 Å². The molecule has 0 fully saturated rings. The largest absolute Gasteiger partial charge is 0.508 e. The summed E-state index contributed by atoms with van der Waals surface area (Å²) in [5, 5.41) is 18.5. The normalized spacial score (nSPS) is 10.7. The molecule has 0 saturated carbocycles. The van der Waals surface area contributed by atoms with Gasteiger partial charge in [-0.3, -0.25) is 4.79 Å². The summed E-state index contributed by atoms with van der Waals surface area (Å²) in [4.78, 5) is 10.5. The lowest BCUT2D eigenvalue weighted by Crippen LogP contribution is -2.01. The fraction of sp³-hybridized carbons (Fsp3) is 0.462. The van der Waals surface area contributed by atoms with E-state index in [1.165, 1.54) is 0 Å². The van der Waals surface area contributed by atoms with Crippen molar-refractivity contribution in [2.24, 2.45) is 0 Å². The Morgan fingerprint density at radius 3 is 2.38 bits per heavy atom. The summed E-state index contributed by atoms with van der Waals surface area (Å²) in [7, 11) is 0. The number of carboxylic acid groups (broad SMARTS) is 1. The summed E-state index contributed by atoms with van der Waals surface area (Å²) >= 11 is 0. The van der Waals surface area contributed by atoms with E-state index in [9.17, 15) is 9.90 Å². The summed E-state index contributed by atoms with van der Waals surface area (Å²) in [5.74, 6) is -0.319. The highest BCUT2D eigenvalue weighted by molar-refractivity contribution is 5.70. The molecule has 0 spiro atoms. The smallest absolute Gasteiger partial charge is 0.307 e. The zero-order valence-corrected chi connectivity index (χ0v) is 9.73. The number of aliphatic carboxylic acids is 1. The van der Waals surface area contributed by atoms with Crippen LogP contribution in [0.1, 0.15) is 43.7 Å². The van der Waals surface area contributed by atoms with Gasteiger partial charge in [0.15, 0.2) is 0 Å². The second kappa shape index (κ2) is 5.54. The van der Waals surface area contributed by atoms with Crippen LogP contribution in [0.5, 0.6) is 5.75 Å². The molecular weight excluding hydrogens is 204 g/mol. The van der Waals surface area contributed by atoms with Gasteiger partial charge in [-0.2, -0.15) is 0 Å². The van der Waals surface area contributed by atoms with Gasteiger partial charge in [-0.25, -0.2) is 0 Å². The molecule has 1 aromatic carbocycles. The molecule has 0 aliphatic carbocycles. The van der Waals surface area contributed by atoms with Gasteiger partial charge in [0.05, 0.1) is 6.42 Å². The number of carbonyl (C=O) groups is 1. The minimum atomic E-state index is -0.880. The van der Waals surface area contributed by atoms with E-state index in [1.54, 1.807) is 12.1 Å². The Hall–Kier alpha value is -1.51. The highest BCUT2D eigenvalue weighted by Crippen LogP contribution is 2.31. The van der Waals surface area contributed by atoms with E-state index in [2.05, 4.69) is 13.8 Å². The highest BCUT2D eigenvalue weighted by atomic mass is 16.4. The van der Waals surface area contributed by atoms with Crippen LogP contribution in [0.4, 0.5) is 0 Å². The molecule has 2 N–H and O–H groups in total. The van der Waals surface area contributed by atoms with Gasteiger partial charge in [-0.15, -0.1) is 0 Å². The van der Waals surface area contributed by atoms with Crippen LogP contribution in [0.3, 0.4) is 0 Å². The lowest BCUT2D eigenvalue weighted by Gasteiger charge is -2.15. The molecule has 0 saturated heterocycles. The maximum atomic E-state index is 10.5. The Balaban J connectivity index is 2.94. The molecule has 3 nitrogen and oxygen atoms in total. The highest BCUT2D eigenvalue weighted by Gasteiger charge is 2.12. The van der Waals surface area contributed by atoms with Crippen LogP contribution in [-0.2, 0) is 11.2 Å². The third kappa shape index (κ3) is 2.99. The molecule has 1 rings (SSSR count). The van der Waals surface area contributed by atoms with Crippen molar-refractivity contribution < 1.29 is 15.0 Å². The van der Waals surface area contributed by atoms with E-state index < -0.39 is 5.97 Å². The van der Waals surface area contributed by atoms with Gasteiger partial charge in [0.1, 0.15) is 5.75 Å². The number of rotatable bonds is 5. The second-order valence-corrected chi connectivity index (χ2v) is 3.98. The number of carboxylic acids is 1. The Kier molecular flexibility index (Phi) is 4.35. The average molecular weight is 222 g/mol. The molecule has 0 aliphatic heterocycles. The lowest BCUT2D eigenvalue weighted by atomic mass is 9.92. The van der Waals surface area contributed by atoms with E-state index in [-0.39, 0.29) is 12.2 Å². The summed E-state index contributed by atoms with van der Waals surface area (Å²) in [6.45, 7) is 4.16. The molecule has 88 valence electrons. The first-order valence-electron chi connectivity index (χ1n) is 5.62. The maximum absolute atomic E-state index is 10.5. The number of hydrogen-bond donors (Lipinski definition) is 2. The van der Waals surface area contributed by atoms with Crippen molar-refractivity contribution in [2.75, 3.05) is 0 Å². The molecule has 0 atom stereocenters. The predicted octanol–water partition coefficient (Wildman–Crippen LogP) is 2.92. The molecular formula is C13H18O3. The quantitative estimate of drug-likeness (QED) is 0.805. The summed E-state index contributed by atoms with van der Waals surface area (Å²) < 4.78 is 0. The van der Waals surface area contributed by atoms with Crippen molar-refractivity contribution in [3.05, 3.63) is 29.3 Å². The summed E-state index contributed by atoms with van der Waals surface area (Å²) in [6.07, 6.45) is 1.90. The van der Waals surface area contributed by atoms with Crippen molar-refractivity contribution in [2.45, 2.75) is 39.0 Å². The number of benzene rings is 1. The van der Waals surface area contributed by atoms with Gasteiger partial charge >= 0.3 is 5.97 Å². The Morgan fingerprint density at radius 1 is 1.31 bits per heavy atom. The zero-order chi connectivity index (χ0) is 12.1. The first-order chi connectivity index (χ1) is 7.58. The molecule has 0 bridgehead atoms. The Bertz CT molecular complexity index is 367. The SMILES string of the molecule is CCC(CC)c1ccc(CC(=O)O)cc1O. The molecule has 0 amide bonds. The van der Waals surface area contributed by atoms with Gasteiger partial charge in [0.2, 0.25) is 0 Å². The number of phenolic OH excluding ortho intramolecular Hbond substituents is 1. The van der Waals surface area contributed by atoms with Crippen LogP contribution >= 0.6 is 0 Å². The van der Waals surface area contributed by atoms with Crippen molar-refractivity contribution in [3.63, 3.8) is 0 Å². The molecule has 0 aromatic heterocycles. The van der Waals surface area contributed by atoms with Crippen LogP contribution < -0.4 is 0 Å². The van der Waals surface area contributed by atoms with E-state index in [4.69, 9.17) is 5.11 Å². The molecule has 0 aliphatic rings. The Morgan fingerprint density at radius 2 is 1.94 bits per heavy atom. The van der Waals surface area contributed by atoms with Crippen molar-refractivity contribution in [3.8, 4) is 5.75 Å². The van der Waals surface area contributed by atoms with Gasteiger partial charge < -0.3 is 10.2 Å². The second-order valence-electron chi connectivity index (χ2n) is 3.98. The standard InChI is InChI=1S/C13H18O3/c1-3-10(4-2)11-6-5-9(7-12(11)14)8-13(15)16/h5-7,10,14H,3-4,8H2,1-2H3,(H,15,16). The first-order valence-corrected chi connectivity index (χ1v) is 5.62. The van der Waals surface area contributed by atoms with E-state index in [1.807, 2.05) is 6.07 Å². The number of hydrogen-bond acceptors (Lipinski definition) is 2.